The lowest BCUT2D eigenvalue weighted by Gasteiger charge is -2.14. The number of aromatic nitrogens is 1. The number of carboxylic acid groups (broad SMARTS) is 1. The molecule has 21 heavy (non-hydrogen) atoms. The summed E-state index contributed by atoms with van der Waals surface area (Å²) in [5.41, 5.74) is 1.18. The van der Waals surface area contributed by atoms with Gasteiger partial charge in [-0.05, 0) is 31.2 Å². The average molecular weight is 282 g/mol. The summed E-state index contributed by atoms with van der Waals surface area (Å²) >= 11 is 0. The molecule has 104 valence electrons. The first-order chi connectivity index (χ1) is 10.0. The van der Waals surface area contributed by atoms with Gasteiger partial charge in [0.25, 0.3) is 11.8 Å². The van der Waals surface area contributed by atoms with Crippen LogP contribution in [0.15, 0.2) is 36.5 Å². The molecule has 3 rings (SSSR count). The molecule has 0 saturated carbocycles. The molecule has 1 aromatic carbocycles. The van der Waals surface area contributed by atoms with Crippen molar-refractivity contribution in [3.63, 3.8) is 0 Å². The first-order valence-electron chi connectivity index (χ1n) is 6.18. The first kappa shape index (κ1) is 13.0. The van der Waals surface area contributed by atoms with E-state index in [2.05, 4.69) is 4.98 Å². The Hall–Kier alpha value is -3.02. The maximum Gasteiger partial charge on any atom is 0.339 e. The zero-order valence-corrected chi connectivity index (χ0v) is 11.0. The molecule has 0 atom stereocenters. The molecule has 6 nitrogen and oxygen atoms in total. The third kappa shape index (κ3) is 1.88. The second-order valence-corrected chi connectivity index (χ2v) is 4.67. The van der Waals surface area contributed by atoms with E-state index in [9.17, 15) is 19.5 Å². The molecule has 0 aliphatic carbocycles. The van der Waals surface area contributed by atoms with E-state index >= 15 is 0 Å². The average Bonchev–Trinajstić information content (AvgIpc) is 2.70. The van der Waals surface area contributed by atoms with Crippen LogP contribution in [0.4, 0.5) is 5.82 Å². The minimum Gasteiger partial charge on any atom is -0.478 e. The predicted octanol–water partition coefficient (Wildman–Crippen LogP) is 1.89. The van der Waals surface area contributed by atoms with Gasteiger partial charge in [-0.2, -0.15) is 0 Å². The van der Waals surface area contributed by atoms with Gasteiger partial charge in [0.05, 0.1) is 11.1 Å². The summed E-state index contributed by atoms with van der Waals surface area (Å²) in [5.74, 6) is -2.52. The van der Waals surface area contributed by atoms with Gasteiger partial charge in [-0.15, -0.1) is 0 Å². The maximum absolute atomic E-state index is 12.4. The van der Waals surface area contributed by atoms with E-state index in [-0.39, 0.29) is 22.5 Å². The van der Waals surface area contributed by atoms with Crippen LogP contribution in [0.25, 0.3) is 0 Å². The highest BCUT2D eigenvalue weighted by atomic mass is 16.4. The number of carbonyl (C=O) groups excluding carboxylic acids is 2. The second kappa shape index (κ2) is 4.52. The van der Waals surface area contributed by atoms with Crippen LogP contribution in [-0.2, 0) is 0 Å². The molecule has 0 radical (unpaired) electrons. The van der Waals surface area contributed by atoms with Crippen LogP contribution in [0.3, 0.4) is 0 Å². The molecule has 1 aromatic heterocycles. The van der Waals surface area contributed by atoms with E-state index in [4.69, 9.17) is 0 Å². The van der Waals surface area contributed by atoms with Crippen molar-refractivity contribution in [3.8, 4) is 0 Å². The Labute approximate surface area is 119 Å². The van der Waals surface area contributed by atoms with Crippen LogP contribution in [0, 0.1) is 6.92 Å². The van der Waals surface area contributed by atoms with E-state index in [1.165, 1.54) is 18.3 Å². The van der Waals surface area contributed by atoms with Gasteiger partial charge in [-0.25, -0.2) is 14.7 Å². The fourth-order valence-corrected chi connectivity index (χ4v) is 2.29. The number of rotatable bonds is 2. The van der Waals surface area contributed by atoms with E-state index in [0.29, 0.717) is 0 Å². The minimum absolute atomic E-state index is 0.158. The van der Waals surface area contributed by atoms with E-state index in [1.807, 2.05) is 6.92 Å². The minimum atomic E-state index is -1.24. The van der Waals surface area contributed by atoms with Crippen molar-refractivity contribution >= 4 is 23.6 Å². The van der Waals surface area contributed by atoms with Crippen molar-refractivity contribution in [2.24, 2.45) is 0 Å². The SMILES string of the molecule is Cc1ccc2c(c1)C(=O)N(c1ncccc1C(=O)O)C2=O. The summed E-state index contributed by atoms with van der Waals surface area (Å²) in [6, 6.07) is 7.64. The number of amides is 2. The Morgan fingerprint density at radius 2 is 1.86 bits per heavy atom. The molecular formula is C15H10N2O4. The van der Waals surface area contributed by atoms with Gasteiger partial charge in [-0.1, -0.05) is 11.6 Å². The molecule has 1 aliphatic heterocycles. The molecule has 0 unspecified atom stereocenters. The number of fused-ring (bicyclic) bond motifs is 1. The molecule has 6 heteroatoms. The molecule has 1 N–H and O–H groups in total. The number of carboxylic acids is 1. The van der Waals surface area contributed by atoms with E-state index in [0.717, 1.165) is 10.5 Å². The molecule has 0 spiro atoms. The second-order valence-electron chi connectivity index (χ2n) is 4.67. The van der Waals surface area contributed by atoms with Crippen molar-refractivity contribution in [2.45, 2.75) is 6.92 Å². The normalized spacial score (nSPS) is 13.5. The fraction of sp³-hybridized carbons (Fsp3) is 0.0667. The monoisotopic (exact) mass is 282 g/mol. The number of aromatic carboxylic acids is 1. The summed E-state index contributed by atoms with van der Waals surface area (Å²) in [5, 5.41) is 9.17. The zero-order valence-electron chi connectivity index (χ0n) is 11.0. The topological polar surface area (TPSA) is 87.6 Å². The molecular weight excluding hydrogens is 272 g/mol. The lowest BCUT2D eigenvalue weighted by molar-refractivity contribution is 0.0697. The highest BCUT2D eigenvalue weighted by Crippen LogP contribution is 2.29. The van der Waals surface area contributed by atoms with Crippen molar-refractivity contribution in [3.05, 3.63) is 58.8 Å². The number of hydrogen-bond acceptors (Lipinski definition) is 4. The fourth-order valence-electron chi connectivity index (χ4n) is 2.29. The summed E-state index contributed by atoms with van der Waals surface area (Å²) in [6.45, 7) is 1.81. The molecule has 2 amide bonds. The number of benzene rings is 1. The quantitative estimate of drug-likeness (QED) is 0.850. The van der Waals surface area contributed by atoms with Crippen LogP contribution in [0.2, 0.25) is 0 Å². The van der Waals surface area contributed by atoms with Gasteiger partial charge in [-0.3, -0.25) is 9.59 Å². The van der Waals surface area contributed by atoms with Gasteiger partial charge in [0.15, 0.2) is 5.82 Å². The third-order valence-corrected chi connectivity index (χ3v) is 3.27. The molecule has 0 bridgehead atoms. The molecule has 0 fully saturated rings. The van der Waals surface area contributed by atoms with Crippen LogP contribution < -0.4 is 4.90 Å². The van der Waals surface area contributed by atoms with Crippen LogP contribution >= 0.6 is 0 Å². The number of hydrogen-bond donors (Lipinski definition) is 1. The highest BCUT2D eigenvalue weighted by molar-refractivity contribution is 6.35. The van der Waals surface area contributed by atoms with Crippen molar-refractivity contribution in [2.75, 3.05) is 4.90 Å². The van der Waals surface area contributed by atoms with Crippen LogP contribution in [0.5, 0.6) is 0 Å². The molecule has 0 saturated heterocycles. The Morgan fingerprint density at radius 3 is 2.57 bits per heavy atom. The van der Waals surface area contributed by atoms with Gasteiger partial charge in [0.1, 0.15) is 5.56 Å². The lowest BCUT2D eigenvalue weighted by atomic mass is 10.1. The Morgan fingerprint density at radius 1 is 1.14 bits per heavy atom. The summed E-state index contributed by atoms with van der Waals surface area (Å²) in [6.07, 6.45) is 1.34. The van der Waals surface area contributed by atoms with Gasteiger partial charge in [0, 0.05) is 6.20 Å². The molecule has 2 aromatic rings. The molecule has 1 aliphatic rings. The largest absolute Gasteiger partial charge is 0.478 e. The van der Waals surface area contributed by atoms with Crippen LogP contribution in [-0.4, -0.2) is 27.9 Å². The number of nitrogens with zero attached hydrogens (tertiary/aromatic N) is 2. The number of pyridine rings is 1. The number of aryl methyl sites for hydroxylation is 1. The summed E-state index contributed by atoms with van der Waals surface area (Å²) in [7, 11) is 0. The van der Waals surface area contributed by atoms with Crippen molar-refractivity contribution < 1.29 is 19.5 Å². The first-order valence-corrected chi connectivity index (χ1v) is 6.18. The number of imide groups is 1. The summed E-state index contributed by atoms with van der Waals surface area (Å²) < 4.78 is 0. The smallest absolute Gasteiger partial charge is 0.339 e. The zero-order chi connectivity index (χ0) is 15.1. The number of carbonyl (C=O) groups is 3. The van der Waals surface area contributed by atoms with Gasteiger partial charge in [0.2, 0.25) is 0 Å². The maximum atomic E-state index is 12.4. The standard InChI is InChI=1S/C15H10N2O4/c1-8-4-5-9-11(7-8)14(19)17(13(9)18)12-10(15(20)21)3-2-6-16-12/h2-7H,1H3,(H,20,21). The van der Waals surface area contributed by atoms with E-state index < -0.39 is 17.8 Å². The summed E-state index contributed by atoms with van der Waals surface area (Å²) in [4.78, 5) is 40.7. The third-order valence-electron chi connectivity index (χ3n) is 3.27. The van der Waals surface area contributed by atoms with Crippen molar-refractivity contribution in [1.29, 1.82) is 0 Å². The van der Waals surface area contributed by atoms with E-state index in [1.54, 1.807) is 18.2 Å². The van der Waals surface area contributed by atoms with Gasteiger partial charge < -0.3 is 5.11 Å². The number of anilines is 1. The van der Waals surface area contributed by atoms with Gasteiger partial charge >= 0.3 is 5.97 Å². The Kier molecular flexibility index (Phi) is 2.79. The Balaban J connectivity index is 2.17. The Bertz CT molecular complexity index is 798. The van der Waals surface area contributed by atoms with Crippen molar-refractivity contribution in [1.82, 2.24) is 4.98 Å². The lowest BCUT2D eigenvalue weighted by Crippen LogP contribution is -2.31. The highest BCUT2D eigenvalue weighted by Gasteiger charge is 2.39. The molecule has 2 heterocycles. The van der Waals surface area contributed by atoms with Crippen LogP contribution in [0.1, 0.15) is 36.6 Å². The predicted molar refractivity (Wildman–Crippen MR) is 73.5 cm³/mol.